The van der Waals surface area contributed by atoms with Gasteiger partial charge in [0.05, 0.1) is 5.25 Å². The quantitative estimate of drug-likeness (QED) is 0.863. The number of amides is 1. The number of aromatic nitrogens is 3. The minimum atomic E-state index is -0.237. The van der Waals surface area contributed by atoms with Gasteiger partial charge in [-0.2, -0.15) is 0 Å². The van der Waals surface area contributed by atoms with Crippen LogP contribution in [0.25, 0.3) is 0 Å². The van der Waals surface area contributed by atoms with Crippen LogP contribution in [-0.4, -0.2) is 25.9 Å². The highest BCUT2D eigenvalue weighted by atomic mass is 32.2. The fourth-order valence-corrected chi connectivity index (χ4v) is 2.76. The molecule has 5 nitrogen and oxygen atoms in total. The highest BCUT2D eigenvalue weighted by Gasteiger charge is 2.18. The van der Waals surface area contributed by atoms with E-state index in [1.807, 2.05) is 50.5 Å². The van der Waals surface area contributed by atoms with Crippen LogP contribution in [-0.2, 0) is 11.3 Å². The topological polar surface area (TPSA) is 59.8 Å². The molecule has 0 bridgehead atoms. The predicted octanol–water partition coefficient (Wildman–Crippen LogP) is 3.03. The molecule has 2 aromatic rings. The second-order valence-corrected chi connectivity index (χ2v) is 6.28. The normalized spacial score (nSPS) is 12.2. The zero-order valence-electron chi connectivity index (χ0n) is 12.8. The van der Waals surface area contributed by atoms with Crippen LogP contribution in [0.3, 0.4) is 0 Å². The van der Waals surface area contributed by atoms with Crippen molar-refractivity contribution < 1.29 is 4.79 Å². The van der Waals surface area contributed by atoms with Crippen LogP contribution in [0.4, 0.5) is 5.69 Å². The summed E-state index contributed by atoms with van der Waals surface area (Å²) in [6.07, 6.45) is 1.68. The van der Waals surface area contributed by atoms with Gasteiger partial charge in [-0.3, -0.25) is 4.79 Å². The molecular weight excluding hydrogens is 284 g/mol. The van der Waals surface area contributed by atoms with E-state index in [2.05, 4.69) is 15.5 Å². The van der Waals surface area contributed by atoms with E-state index >= 15 is 0 Å². The molecule has 0 aliphatic carbocycles. The number of thioether (sulfide) groups is 1. The molecule has 0 aliphatic rings. The Kier molecular flexibility index (Phi) is 5.01. The number of hydrogen-bond acceptors (Lipinski definition) is 4. The summed E-state index contributed by atoms with van der Waals surface area (Å²) in [4.78, 5) is 12.3. The zero-order valence-corrected chi connectivity index (χ0v) is 13.6. The van der Waals surface area contributed by atoms with E-state index in [0.29, 0.717) is 0 Å². The molecule has 112 valence electrons. The molecule has 6 heteroatoms. The molecule has 1 aromatic carbocycles. The highest BCUT2D eigenvalue weighted by Crippen LogP contribution is 2.23. The maximum Gasteiger partial charge on any atom is 0.237 e. The van der Waals surface area contributed by atoms with E-state index < -0.39 is 0 Å². The molecule has 1 amide bonds. The number of benzene rings is 1. The van der Waals surface area contributed by atoms with Crippen molar-refractivity contribution >= 4 is 23.4 Å². The summed E-state index contributed by atoms with van der Waals surface area (Å²) in [6.45, 7) is 8.69. The smallest absolute Gasteiger partial charge is 0.237 e. The summed E-state index contributed by atoms with van der Waals surface area (Å²) in [5.41, 5.74) is 3.05. The molecule has 0 spiro atoms. The lowest BCUT2D eigenvalue weighted by atomic mass is 10.1. The van der Waals surface area contributed by atoms with Crippen molar-refractivity contribution in [2.45, 2.75) is 44.6 Å². The molecular formula is C15H20N4OS. The largest absolute Gasteiger partial charge is 0.325 e. The molecule has 1 N–H and O–H groups in total. The van der Waals surface area contributed by atoms with E-state index in [9.17, 15) is 4.79 Å². The number of carbonyl (C=O) groups excluding carboxylic acids is 1. The maximum absolute atomic E-state index is 12.3. The number of hydrogen-bond donors (Lipinski definition) is 1. The third kappa shape index (κ3) is 3.85. The van der Waals surface area contributed by atoms with Gasteiger partial charge in [-0.05, 0) is 44.9 Å². The van der Waals surface area contributed by atoms with Gasteiger partial charge in [-0.15, -0.1) is 10.2 Å². The number of carbonyl (C=O) groups is 1. The van der Waals surface area contributed by atoms with E-state index in [4.69, 9.17) is 0 Å². The molecule has 0 fully saturated rings. The van der Waals surface area contributed by atoms with E-state index in [0.717, 1.165) is 28.5 Å². The van der Waals surface area contributed by atoms with Gasteiger partial charge in [0.15, 0.2) is 5.16 Å². The lowest BCUT2D eigenvalue weighted by Gasteiger charge is -2.13. The number of nitrogens with zero attached hydrogens (tertiary/aromatic N) is 3. The molecule has 1 aromatic heterocycles. The first-order chi connectivity index (χ1) is 10.0. The van der Waals surface area contributed by atoms with Gasteiger partial charge in [0.2, 0.25) is 5.91 Å². The molecule has 0 saturated carbocycles. The first kappa shape index (κ1) is 15.6. The van der Waals surface area contributed by atoms with Crippen molar-refractivity contribution in [3.63, 3.8) is 0 Å². The number of aryl methyl sites for hydroxylation is 3. The molecule has 1 atom stereocenters. The Morgan fingerprint density at radius 2 is 2.19 bits per heavy atom. The van der Waals surface area contributed by atoms with Gasteiger partial charge in [-0.25, -0.2) is 0 Å². The molecule has 21 heavy (non-hydrogen) atoms. The fraction of sp³-hybridized carbons (Fsp3) is 0.400. The van der Waals surface area contributed by atoms with E-state index in [1.165, 1.54) is 11.8 Å². The van der Waals surface area contributed by atoms with Gasteiger partial charge < -0.3 is 9.88 Å². The summed E-state index contributed by atoms with van der Waals surface area (Å²) < 4.78 is 1.92. The van der Waals surface area contributed by atoms with Crippen LogP contribution in [0.2, 0.25) is 0 Å². The van der Waals surface area contributed by atoms with Crippen LogP contribution in [0.5, 0.6) is 0 Å². The lowest BCUT2D eigenvalue weighted by molar-refractivity contribution is -0.115. The first-order valence-electron chi connectivity index (χ1n) is 6.93. The lowest BCUT2D eigenvalue weighted by Crippen LogP contribution is -2.23. The van der Waals surface area contributed by atoms with Crippen molar-refractivity contribution in [3.8, 4) is 0 Å². The Morgan fingerprint density at radius 1 is 1.43 bits per heavy atom. The average molecular weight is 304 g/mol. The summed E-state index contributed by atoms with van der Waals surface area (Å²) in [5, 5.41) is 11.4. The minimum Gasteiger partial charge on any atom is -0.325 e. The number of anilines is 1. The molecule has 0 radical (unpaired) electrons. The zero-order chi connectivity index (χ0) is 15.4. The Morgan fingerprint density at radius 3 is 2.90 bits per heavy atom. The summed E-state index contributed by atoms with van der Waals surface area (Å²) in [7, 11) is 0. The molecule has 0 aliphatic heterocycles. The van der Waals surface area contributed by atoms with E-state index in [-0.39, 0.29) is 11.2 Å². The monoisotopic (exact) mass is 304 g/mol. The van der Waals surface area contributed by atoms with Gasteiger partial charge in [-0.1, -0.05) is 23.9 Å². The van der Waals surface area contributed by atoms with Crippen LogP contribution in [0, 0.1) is 13.8 Å². The Balaban J connectivity index is 2.04. The SMILES string of the molecule is CCn1cnnc1SC(C)C(=O)Nc1cc(C)ccc1C. The summed E-state index contributed by atoms with van der Waals surface area (Å²) in [5.74, 6) is -0.0284. The van der Waals surface area contributed by atoms with Gasteiger partial charge in [0.25, 0.3) is 0 Å². The first-order valence-corrected chi connectivity index (χ1v) is 7.81. The highest BCUT2D eigenvalue weighted by molar-refractivity contribution is 8.00. The molecule has 2 rings (SSSR count). The maximum atomic E-state index is 12.3. The van der Waals surface area contributed by atoms with Gasteiger partial charge >= 0.3 is 0 Å². The third-order valence-electron chi connectivity index (χ3n) is 3.22. The third-order valence-corrected chi connectivity index (χ3v) is 4.32. The van der Waals surface area contributed by atoms with Gasteiger partial charge in [0.1, 0.15) is 6.33 Å². The second kappa shape index (κ2) is 6.76. The Hall–Kier alpha value is -1.82. The van der Waals surface area contributed by atoms with Crippen LogP contribution >= 0.6 is 11.8 Å². The second-order valence-electron chi connectivity index (χ2n) is 4.97. The number of rotatable bonds is 5. The van der Waals surface area contributed by atoms with Crippen molar-refractivity contribution in [2.24, 2.45) is 0 Å². The van der Waals surface area contributed by atoms with Crippen molar-refractivity contribution in [1.29, 1.82) is 0 Å². The number of nitrogens with one attached hydrogen (secondary N) is 1. The Bertz CT molecular complexity index is 638. The average Bonchev–Trinajstić information content (AvgIpc) is 2.90. The summed E-state index contributed by atoms with van der Waals surface area (Å²) >= 11 is 1.42. The Labute approximate surface area is 129 Å². The fourth-order valence-electron chi connectivity index (χ4n) is 1.87. The minimum absolute atomic E-state index is 0.0284. The van der Waals surface area contributed by atoms with Crippen molar-refractivity contribution in [3.05, 3.63) is 35.7 Å². The molecule has 1 unspecified atom stereocenters. The van der Waals surface area contributed by atoms with Crippen LogP contribution < -0.4 is 5.32 Å². The predicted molar refractivity (Wildman–Crippen MR) is 85.6 cm³/mol. The summed E-state index contributed by atoms with van der Waals surface area (Å²) in [6, 6.07) is 6.03. The van der Waals surface area contributed by atoms with Crippen LogP contribution in [0.1, 0.15) is 25.0 Å². The van der Waals surface area contributed by atoms with Crippen molar-refractivity contribution in [1.82, 2.24) is 14.8 Å². The molecule has 0 saturated heterocycles. The molecule has 1 heterocycles. The van der Waals surface area contributed by atoms with Gasteiger partial charge in [0, 0.05) is 12.2 Å². The van der Waals surface area contributed by atoms with Crippen molar-refractivity contribution in [2.75, 3.05) is 5.32 Å². The standard InChI is InChI=1S/C15H20N4OS/c1-5-19-9-16-18-15(19)21-12(4)14(20)17-13-8-10(2)6-7-11(13)3/h6-9,12H,5H2,1-4H3,(H,17,20). The van der Waals surface area contributed by atoms with Crippen LogP contribution in [0.15, 0.2) is 29.7 Å². The van der Waals surface area contributed by atoms with E-state index in [1.54, 1.807) is 6.33 Å².